The molecule has 0 atom stereocenters. The summed E-state index contributed by atoms with van der Waals surface area (Å²) in [4.78, 5) is 12.1. The van der Waals surface area contributed by atoms with Crippen LogP contribution in [-0.2, 0) is 21.2 Å². The minimum atomic E-state index is -3.80. The fourth-order valence-electron chi connectivity index (χ4n) is 2.91. The number of carbonyl (C=O) groups is 1. The lowest BCUT2D eigenvalue weighted by Gasteiger charge is -2.18. The quantitative estimate of drug-likeness (QED) is 0.700. The second-order valence-electron chi connectivity index (χ2n) is 6.25. The van der Waals surface area contributed by atoms with Gasteiger partial charge in [-0.1, -0.05) is 11.6 Å². The molecular weight excluding hydrogens is 402 g/mol. The Labute approximate surface area is 168 Å². The van der Waals surface area contributed by atoms with Crippen molar-refractivity contribution in [2.75, 3.05) is 13.7 Å². The lowest BCUT2D eigenvalue weighted by Crippen LogP contribution is -2.35. The van der Waals surface area contributed by atoms with Crippen LogP contribution in [0.3, 0.4) is 0 Å². The zero-order valence-corrected chi connectivity index (χ0v) is 16.8. The Morgan fingerprint density at radius 3 is 2.64 bits per heavy atom. The highest BCUT2D eigenvalue weighted by Crippen LogP contribution is 2.25. The Balaban J connectivity index is 1.62. The summed E-state index contributed by atoms with van der Waals surface area (Å²) in [6, 6.07) is 11.4. The van der Waals surface area contributed by atoms with E-state index in [0.717, 1.165) is 41.9 Å². The van der Waals surface area contributed by atoms with Crippen LogP contribution in [0, 0.1) is 0 Å². The first-order chi connectivity index (χ1) is 13.4. The van der Waals surface area contributed by atoms with Crippen LogP contribution in [0.4, 0.5) is 0 Å². The number of amides is 1. The molecule has 0 aromatic heterocycles. The number of fused-ring (bicyclic) bond motifs is 1. The fraction of sp³-hybridized carbons (Fsp3) is 0.263. The Hall–Kier alpha value is -2.42. The predicted molar refractivity (Wildman–Crippen MR) is 107 cm³/mol. The summed E-state index contributed by atoms with van der Waals surface area (Å²) < 4.78 is 31.9. The molecule has 2 N–H and O–H groups in total. The number of hydrazone groups is 1. The average Bonchev–Trinajstić information content (AvgIpc) is 2.70. The van der Waals surface area contributed by atoms with Crippen LogP contribution in [-0.4, -0.2) is 33.7 Å². The summed E-state index contributed by atoms with van der Waals surface area (Å²) in [5.41, 5.74) is 5.27. The Bertz CT molecular complexity index is 1000. The summed E-state index contributed by atoms with van der Waals surface area (Å²) in [6.07, 6.45) is 2.56. The summed E-state index contributed by atoms with van der Waals surface area (Å²) in [5, 5.41) is 4.62. The molecule has 0 spiro atoms. The lowest BCUT2D eigenvalue weighted by molar-refractivity contribution is -0.119. The van der Waals surface area contributed by atoms with Gasteiger partial charge in [-0.3, -0.25) is 4.79 Å². The van der Waals surface area contributed by atoms with E-state index >= 15 is 0 Å². The molecule has 3 rings (SSSR count). The molecular formula is C19H20ClN3O4S. The largest absolute Gasteiger partial charge is 0.497 e. The fourth-order valence-corrected chi connectivity index (χ4v) is 4.02. The molecule has 2 aromatic carbocycles. The second-order valence-corrected chi connectivity index (χ2v) is 8.45. The maximum absolute atomic E-state index is 12.2. The van der Waals surface area contributed by atoms with Gasteiger partial charge < -0.3 is 4.74 Å². The molecule has 1 aliphatic rings. The summed E-state index contributed by atoms with van der Waals surface area (Å²) in [6.45, 7) is -0.419. The number of hydrogen-bond acceptors (Lipinski definition) is 5. The van der Waals surface area contributed by atoms with Crippen LogP contribution < -0.4 is 14.9 Å². The first-order valence-electron chi connectivity index (χ1n) is 8.67. The van der Waals surface area contributed by atoms with E-state index in [4.69, 9.17) is 16.3 Å². The molecule has 1 amide bonds. The van der Waals surface area contributed by atoms with Gasteiger partial charge in [0.25, 0.3) is 5.91 Å². The molecule has 0 saturated carbocycles. The van der Waals surface area contributed by atoms with Gasteiger partial charge in [0.1, 0.15) is 5.75 Å². The SMILES string of the molecule is COc1ccc2c(c1)CCC/C2=N/NC(=O)CNS(=O)(=O)c1ccc(Cl)cc1. The number of methoxy groups -OCH3 is 1. The van der Waals surface area contributed by atoms with Crippen LogP contribution in [0.15, 0.2) is 52.5 Å². The van der Waals surface area contributed by atoms with Crippen molar-refractivity contribution in [1.29, 1.82) is 0 Å². The Kier molecular flexibility index (Phi) is 6.33. The van der Waals surface area contributed by atoms with Crippen LogP contribution in [0.5, 0.6) is 5.75 Å². The number of aryl methyl sites for hydroxylation is 1. The van der Waals surface area contributed by atoms with Crippen LogP contribution in [0.1, 0.15) is 24.0 Å². The number of nitrogens with zero attached hydrogens (tertiary/aromatic N) is 1. The van der Waals surface area contributed by atoms with Gasteiger partial charge in [-0.05, 0) is 67.3 Å². The molecule has 7 nitrogen and oxygen atoms in total. The minimum absolute atomic E-state index is 0.0335. The highest BCUT2D eigenvalue weighted by atomic mass is 35.5. The van der Waals surface area contributed by atoms with Crippen molar-refractivity contribution in [1.82, 2.24) is 10.1 Å². The van der Waals surface area contributed by atoms with E-state index in [-0.39, 0.29) is 4.90 Å². The zero-order valence-electron chi connectivity index (χ0n) is 15.2. The number of rotatable bonds is 6. The normalized spacial score (nSPS) is 15.1. The number of carbonyl (C=O) groups excluding carboxylic acids is 1. The molecule has 0 unspecified atom stereocenters. The first-order valence-corrected chi connectivity index (χ1v) is 10.5. The van der Waals surface area contributed by atoms with Gasteiger partial charge in [0.15, 0.2) is 0 Å². The molecule has 0 bridgehead atoms. The third-order valence-corrected chi connectivity index (χ3v) is 6.01. The molecule has 1 aliphatic carbocycles. The molecule has 0 aliphatic heterocycles. The number of hydrogen-bond donors (Lipinski definition) is 2. The summed E-state index contributed by atoms with van der Waals surface area (Å²) in [7, 11) is -2.19. The number of halogens is 1. The van der Waals surface area contributed by atoms with E-state index in [2.05, 4.69) is 15.2 Å². The van der Waals surface area contributed by atoms with Gasteiger partial charge in [-0.15, -0.1) is 0 Å². The number of benzene rings is 2. The van der Waals surface area contributed by atoms with Crippen LogP contribution in [0.2, 0.25) is 5.02 Å². The topological polar surface area (TPSA) is 96.9 Å². The third kappa shape index (κ3) is 4.89. The van der Waals surface area contributed by atoms with Crippen molar-refractivity contribution in [2.24, 2.45) is 5.10 Å². The molecule has 148 valence electrons. The summed E-state index contributed by atoms with van der Waals surface area (Å²) >= 11 is 5.76. The van der Waals surface area contributed by atoms with Crippen LogP contribution in [0.25, 0.3) is 0 Å². The highest BCUT2D eigenvalue weighted by Gasteiger charge is 2.18. The molecule has 0 heterocycles. The third-order valence-electron chi connectivity index (χ3n) is 4.35. The zero-order chi connectivity index (χ0) is 20.1. The molecule has 0 saturated heterocycles. The average molecular weight is 422 g/mol. The number of ether oxygens (including phenoxy) is 1. The van der Waals surface area contributed by atoms with Crippen LogP contribution >= 0.6 is 11.6 Å². The van der Waals surface area contributed by atoms with Crippen molar-refractivity contribution in [3.63, 3.8) is 0 Å². The van der Waals surface area contributed by atoms with Gasteiger partial charge in [0.05, 0.1) is 24.3 Å². The van der Waals surface area contributed by atoms with Crippen molar-refractivity contribution >= 4 is 33.2 Å². The first kappa shape index (κ1) is 20.3. The molecule has 0 radical (unpaired) electrons. The van der Waals surface area contributed by atoms with Crippen molar-refractivity contribution in [3.05, 3.63) is 58.6 Å². The van der Waals surface area contributed by atoms with E-state index in [9.17, 15) is 13.2 Å². The van der Waals surface area contributed by atoms with Crippen molar-refractivity contribution in [2.45, 2.75) is 24.2 Å². The highest BCUT2D eigenvalue weighted by molar-refractivity contribution is 7.89. The van der Waals surface area contributed by atoms with E-state index in [0.29, 0.717) is 5.02 Å². The Morgan fingerprint density at radius 1 is 1.18 bits per heavy atom. The standard InChI is InChI=1S/C19H20ClN3O4S/c1-27-15-7-10-17-13(11-15)3-2-4-18(17)22-23-19(24)12-21-28(25,26)16-8-5-14(20)6-9-16/h5-11,21H,2-4,12H2,1H3,(H,23,24)/b22-18-. The second kappa shape index (κ2) is 8.72. The molecule has 2 aromatic rings. The maximum atomic E-state index is 12.2. The summed E-state index contributed by atoms with van der Waals surface area (Å²) in [5.74, 6) is 0.228. The Morgan fingerprint density at radius 2 is 1.93 bits per heavy atom. The number of nitrogens with one attached hydrogen (secondary N) is 2. The predicted octanol–water partition coefficient (Wildman–Crippen LogP) is 2.48. The smallest absolute Gasteiger partial charge is 0.255 e. The van der Waals surface area contributed by atoms with Gasteiger partial charge in [0.2, 0.25) is 10.0 Å². The van der Waals surface area contributed by atoms with E-state index < -0.39 is 22.5 Å². The minimum Gasteiger partial charge on any atom is -0.497 e. The van der Waals surface area contributed by atoms with Gasteiger partial charge >= 0.3 is 0 Å². The molecule has 28 heavy (non-hydrogen) atoms. The maximum Gasteiger partial charge on any atom is 0.255 e. The van der Waals surface area contributed by atoms with E-state index in [1.54, 1.807) is 7.11 Å². The van der Waals surface area contributed by atoms with Crippen molar-refractivity contribution < 1.29 is 17.9 Å². The molecule has 9 heteroatoms. The monoisotopic (exact) mass is 421 g/mol. The lowest BCUT2D eigenvalue weighted by atomic mass is 9.90. The van der Waals surface area contributed by atoms with Crippen molar-refractivity contribution in [3.8, 4) is 5.75 Å². The number of sulfonamides is 1. The van der Waals surface area contributed by atoms with Gasteiger partial charge in [-0.25, -0.2) is 18.6 Å². The van der Waals surface area contributed by atoms with E-state index in [1.165, 1.54) is 24.3 Å². The van der Waals surface area contributed by atoms with Gasteiger partial charge in [-0.2, -0.15) is 5.10 Å². The van der Waals surface area contributed by atoms with Gasteiger partial charge in [0, 0.05) is 10.6 Å². The molecule has 0 fully saturated rings. The van der Waals surface area contributed by atoms with E-state index in [1.807, 2.05) is 18.2 Å².